The number of nitrogens with zero attached hydrogens (tertiary/aromatic N) is 2. The van der Waals surface area contributed by atoms with Gasteiger partial charge in [-0.05, 0) is 55.8 Å². The number of amides is 1. The van der Waals surface area contributed by atoms with E-state index in [-0.39, 0.29) is 28.9 Å². The Kier molecular flexibility index (Phi) is 6.64. The van der Waals surface area contributed by atoms with Crippen molar-refractivity contribution in [3.8, 4) is 0 Å². The number of hydrogen-bond acceptors (Lipinski definition) is 5. The van der Waals surface area contributed by atoms with Crippen LogP contribution in [0.2, 0.25) is 5.02 Å². The summed E-state index contributed by atoms with van der Waals surface area (Å²) in [5.41, 5.74) is 1.77. The number of pyridine rings is 1. The fourth-order valence-electron chi connectivity index (χ4n) is 3.01. The molecule has 0 bridgehead atoms. The van der Waals surface area contributed by atoms with Crippen LogP contribution in [0.25, 0.3) is 0 Å². The average molecular weight is 425 g/mol. The summed E-state index contributed by atoms with van der Waals surface area (Å²) in [7, 11) is 0. The molecule has 0 aliphatic carbocycles. The SMILES string of the molecule is CC(C)NC(=O)c1ccc(NC(c2cccc(Cl)c2)c2ccccn2)c([N+](=O)[O-])c1. The van der Waals surface area contributed by atoms with Gasteiger partial charge in [0.15, 0.2) is 0 Å². The molecule has 154 valence electrons. The first kappa shape index (κ1) is 21.3. The van der Waals surface area contributed by atoms with Crippen LogP contribution in [0, 0.1) is 10.1 Å². The highest BCUT2D eigenvalue weighted by Gasteiger charge is 2.23. The summed E-state index contributed by atoms with van der Waals surface area (Å²) in [6.07, 6.45) is 1.66. The van der Waals surface area contributed by atoms with Gasteiger partial charge >= 0.3 is 0 Å². The zero-order chi connectivity index (χ0) is 21.7. The molecule has 3 aromatic rings. The van der Waals surface area contributed by atoms with Crippen LogP contribution in [0.5, 0.6) is 0 Å². The van der Waals surface area contributed by atoms with Gasteiger partial charge in [-0.2, -0.15) is 0 Å². The number of anilines is 1. The normalized spacial score (nSPS) is 11.7. The van der Waals surface area contributed by atoms with E-state index < -0.39 is 11.0 Å². The van der Waals surface area contributed by atoms with Crippen LogP contribution in [0.3, 0.4) is 0 Å². The predicted octanol–water partition coefficient (Wildman–Crippen LogP) is 4.98. The van der Waals surface area contributed by atoms with Gasteiger partial charge in [-0.25, -0.2) is 0 Å². The molecule has 0 spiro atoms. The van der Waals surface area contributed by atoms with Crippen LogP contribution in [0.1, 0.15) is 41.5 Å². The third kappa shape index (κ3) is 5.12. The third-order valence-corrected chi connectivity index (χ3v) is 4.58. The summed E-state index contributed by atoms with van der Waals surface area (Å²) in [6.45, 7) is 3.65. The molecule has 0 saturated carbocycles. The number of nitrogens with one attached hydrogen (secondary N) is 2. The smallest absolute Gasteiger partial charge is 0.293 e. The van der Waals surface area contributed by atoms with Crippen molar-refractivity contribution in [2.75, 3.05) is 5.32 Å². The van der Waals surface area contributed by atoms with Crippen molar-refractivity contribution in [3.63, 3.8) is 0 Å². The van der Waals surface area contributed by atoms with E-state index in [0.29, 0.717) is 10.7 Å². The Labute approximate surface area is 179 Å². The highest BCUT2D eigenvalue weighted by molar-refractivity contribution is 6.30. The van der Waals surface area contributed by atoms with Gasteiger partial charge in [-0.3, -0.25) is 19.9 Å². The molecule has 0 aliphatic heterocycles. The van der Waals surface area contributed by atoms with Crippen molar-refractivity contribution < 1.29 is 9.72 Å². The van der Waals surface area contributed by atoms with Crippen LogP contribution < -0.4 is 10.6 Å². The van der Waals surface area contributed by atoms with E-state index in [2.05, 4.69) is 15.6 Å². The van der Waals surface area contributed by atoms with Crippen LogP contribution in [-0.4, -0.2) is 21.9 Å². The zero-order valence-corrected chi connectivity index (χ0v) is 17.3. The van der Waals surface area contributed by atoms with Crippen LogP contribution >= 0.6 is 11.6 Å². The molecule has 0 radical (unpaired) electrons. The largest absolute Gasteiger partial charge is 0.367 e. The maximum Gasteiger partial charge on any atom is 0.293 e. The molecule has 0 aliphatic rings. The lowest BCUT2D eigenvalue weighted by atomic mass is 10.0. The average Bonchev–Trinajstić information content (AvgIpc) is 2.72. The molecule has 0 fully saturated rings. The molecule has 0 saturated heterocycles. The third-order valence-electron chi connectivity index (χ3n) is 4.34. The van der Waals surface area contributed by atoms with Crippen molar-refractivity contribution in [3.05, 3.63) is 98.8 Å². The van der Waals surface area contributed by atoms with Gasteiger partial charge in [0.05, 0.1) is 16.7 Å². The summed E-state index contributed by atoms with van der Waals surface area (Å²) >= 11 is 6.16. The Morgan fingerprint density at radius 3 is 2.53 bits per heavy atom. The molecular formula is C22H21ClN4O3. The summed E-state index contributed by atoms with van der Waals surface area (Å²) in [5.74, 6) is -0.365. The number of benzene rings is 2. The van der Waals surface area contributed by atoms with E-state index in [1.165, 1.54) is 12.1 Å². The molecule has 1 amide bonds. The zero-order valence-electron chi connectivity index (χ0n) is 16.5. The quantitative estimate of drug-likeness (QED) is 0.411. The van der Waals surface area contributed by atoms with Gasteiger partial charge in [-0.15, -0.1) is 0 Å². The Morgan fingerprint density at radius 1 is 1.10 bits per heavy atom. The van der Waals surface area contributed by atoms with Crippen molar-refractivity contribution in [1.29, 1.82) is 0 Å². The minimum atomic E-state index is -0.512. The van der Waals surface area contributed by atoms with Gasteiger partial charge in [0, 0.05) is 28.9 Å². The van der Waals surface area contributed by atoms with Gasteiger partial charge < -0.3 is 10.6 Å². The first-order valence-electron chi connectivity index (χ1n) is 9.37. The topological polar surface area (TPSA) is 97.2 Å². The molecule has 1 atom stereocenters. The van der Waals surface area contributed by atoms with E-state index in [4.69, 9.17) is 11.6 Å². The Morgan fingerprint density at radius 2 is 1.90 bits per heavy atom. The fourth-order valence-corrected chi connectivity index (χ4v) is 3.21. The second-order valence-electron chi connectivity index (χ2n) is 7.00. The number of aromatic nitrogens is 1. The first-order chi connectivity index (χ1) is 14.3. The summed E-state index contributed by atoms with van der Waals surface area (Å²) in [6, 6.07) is 16.5. The number of carbonyl (C=O) groups excluding carboxylic acids is 1. The monoisotopic (exact) mass is 424 g/mol. The van der Waals surface area contributed by atoms with E-state index >= 15 is 0 Å². The van der Waals surface area contributed by atoms with Crippen LogP contribution in [0.4, 0.5) is 11.4 Å². The number of carbonyl (C=O) groups is 1. The van der Waals surface area contributed by atoms with Crippen LogP contribution in [0.15, 0.2) is 66.9 Å². The lowest BCUT2D eigenvalue weighted by Crippen LogP contribution is -2.30. The minimum absolute atomic E-state index is 0.0780. The van der Waals surface area contributed by atoms with Gasteiger partial charge in [-0.1, -0.05) is 29.8 Å². The molecule has 2 aromatic carbocycles. The summed E-state index contributed by atoms with van der Waals surface area (Å²) < 4.78 is 0. The molecular weight excluding hydrogens is 404 g/mol. The Balaban J connectivity index is 2.02. The predicted molar refractivity (Wildman–Crippen MR) is 117 cm³/mol. The number of rotatable bonds is 7. The van der Waals surface area contributed by atoms with Crippen molar-refractivity contribution in [2.45, 2.75) is 25.9 Å². The highest BCUT2D eigenvalue weighted by Crippen LogP contribution is 2.32. The van der Waals surface area contributed by atoms with Crippen molar-refractivity contribution in [1.82, 2.24) is 10.3 Å². The van der Waals surface area contributed by atoms with E-state index in [1.54, 1.807) is 30.5 Å². The number of halogens is 1. The Hall–Kier alpha value is -3.45. The first-order valence-corrected chi connectivity index (χ1v) is 9.75. The highest BCUT2D eigenvalue weighted by atomic mass is 35.5. The number of hydrogen-bond donors (Lipinski definition) is 2. The second-order valence-corrected chi connectivity index (χ2v) is 7.44. The Bertz CT molecular complexity index is 1060. The summed E-state index contributed by atoms with van der Waals surface area (Å²) in [5, 5.41) is 18.2. The number of nitro benzene ring substituents is 1. The summed E-state index contributed by atoms with van der Waals surface area (Å²) in [4.78, 5) is 27.9. The van der Waals surface area contributed by atoms with E-state index in [1.807, 2.05) is 38.1 Å². The van der Waals surface area contributed by atoms with E-state index in [0.717, 1.165) is 5.56 Å². The lowest BCUT2D eigenvalue weighted by molar-refractivity contribution is -0.384. The molecule has 1 heterocycles. The van der Waals surface area contributed by atoms with Gasteiger partial charge in [0.25, 0.3) is 11.6 Å². The maximum atomic E-state index is 12.3. The maximum absolute atomic E-state index is 12.3. The molecule has 1 aromatic heterocycles. The molecule has 2 N–H and O–H groups in total. The van der Waals surface area contributed by atoms with E-state index in [9.17, 15) is 14.9 Å². The van der Waals surface area contributed by atoms with Crippen molar-refractivity contribution >= 4 is 28.9 Å². The van der Waals surface area contributed by atoms with Crippen molar-refractivity contribution in [2.24, 2.45) is 0 Å². The van der Waals surface area contributed by atoms with Gasteiger partial charge in [0.1, 0.15) is 5.69 Å². The van der Waals surface area contributed by atoms with Gasteiger partial charge in [0.2, 0.25) is 0 Å². The molecule has 7 nitrogen and oxygen atoms in total. The molecule has 1 unspecified atom stereocenters. The second kappa shape index (κ2) is 9.37. The molecule has 8 heteroatoms. The lowest BCUT2D eigenvalue weighted by Gasteiger charge is -2.20. The number of nitro groups is 1. The minimum Gasteiger partial charge on any atom is -0.367 e. The standard InChI is InChI=1S/C22H21ClN4O3/c1-14(2)25-22(28)16-9-10-18(20(13-16)27(29)30)26-21(19-8-3-4-11-24-19)15-6-5-7-17(23)12-15/h3-14,21,26H,1-2H3,(H,25,28). The fraction of sp³-hybridized carbons (Fsp3) is 0.182. The molecule has 3 rings (SSSR count). The molecule has 30 heavy (non-hydrogen) atoms. The van der Waals surface area contributed by atoms with Crippen LogP contribution in [-0.2, 0) is 0 Å².